The van der Waals surface area contributed by atoms with Gasteiger partial charge in [0.05, 0.1) is 11.6 Å². The zero-order chi connectivity index (χ0) is 18.0. The summed E-state index contributed by atoms with van der Waals surface area (Å²) in [7, 11) is 0. The number of halogens is 2. The number of anilines is 1. The number of benzene rings is 1. The predicted molar refractivity (Wildman–Crippen MR) is 105 cm³/mol. The Balaban J connectivity index is 0.00000243. The van der Waals surface area contributed by atoms with E-state index in [2.05, 4.69) is 41.4 Å². The van der Waals surface area contributed by atoms with Crippen LogP contribution in [0.2, 0.25) is 0 Å². The summed E-state index contributed by atoms with van der Waals surface area (Å²) in [4.78, 5) is 4.47. The van der Waals surface area contributed by atoms with Crippen LogP contribution in [0.25, 0.3) is 10.9 Å². The number of nitrogens with one attached hydrogen (secondary N) is 1. The first-order valence-corrected chi connectivity index (χ1v) is 8.03. The molecule has 134 valence electrons. The van der Waals surface area contributed by atoms with E-state index in [0.29, 0.717) is 17.9 Å². The number of allylic oxidation sites excluding steroid dienone is 1. The topological polar surface area (TPSA) is 53.6 Å². The molecule has 1 N–H and O–H groups in total. The third kappa shape index (κ3) is 3.42. The molecule has 0 saturated carbocycles. The van der Waals surface area contributed by atoms with Gasteiger partial charge in [-0.3, -0.25) is 4.98 Å². The first-order chi connectivity index (χ1) is 12.1. The van der Waals surface area contributed by atoms with Crippen molar-refractivity contribution in [3.63, 3.8) is 0 Å². The molecule has 0 aliphatic carbocycles. The van der Waals surface area contributed by atoms with Gasteiger partial charge in [-0.25, -0.2) is 4.39 Å². The standard InChI is InChI=1S/C20H19FN4.ClH/c1-4-11-25-14(3)13(2)17-9-10-23-19(20(17)25)18(12-22)24-16-7-5-15(21)6-8-16;/h4-10,18,24H,1,11H2,2-3H3;1H. The van der Waals surface area contributed by atoms with Crippen LogP contribution < -0.4 is 5.32 Å². The van der Waals surface area contributed by atoms with Gasteiger partial charge in [0, 0.05) is 29.5 Å². The average molecular weight is 371 g/mol. The van der Waals surface area contributed by atoms with Gasteiger partial charge in [0.2, 0.25) is 0 Å². The van der Waals surface area contributed by atoms with Crippen LogP contribution in [0.1, 0.15) is 23.0 Å². The highest BCUT2D eigenvalue weighted by Gasteiger charge is 2.21. The van der Waals surface area contributed by atoms with Crippen LogP contribution in [0.5, 0.6) is 0 Å². The lowest BCUT2D eigenvalue weighted by atomic mass is 10.1. The molecule has 2 heterocycles. The molecular formula is C20H20ClFN4. The number of pyridine rings is 1. The normalized spacial score (nSPS) is 11.5. The summed E-state index contributed by atoms with van der Waals surface area (Å²) in [5.41, 5.74) is 4.55. The van der Waals surface area contributed by atoms with Crippen LogP contribution in [-0.4, -0.2) is 9.55 Å². The molecule has 0 amide bonds. The lowest BCUT2D eigenvalue weighted by molar-refractivity contribution is 0.628. The van der Waals surface area contributed by atoms with E-state index < -0.39 is 6.04 Å². The maximum atomic E-state index is 13.1. The molecule has 2 aromatic heterocycles. The average Bonchev–Trinajstić information content (AvgIpc) is 2.87. The molecule has 0 aliphatic heterocycles. The summed E-state index contributed by atoms with van der Waals surface area (Å²) in [6, 6.07) is 9.53. The number of nitriles is 1. The molecule has 0 spiro atoms. The Morgan fingerprint density at radius 1 is 1.31 bits per heavy atom. The maximum absolute atomic E-state index is 13.1. The van der Waals surface area contributed by atoms with E-state index in [1.54, 1.807) is 18.3 Å². The summed E-state index contributed by atoms with van der Waals surface area (Å²) in [5.74, 6) is -0.314. The van der Waals surface area contributed by atoms with Crippen LogP contribution in [0.3, 0.4) is 0 Å². The van der Waals surface area contributed by atoms with Gasteiger partial charge in [-0.2, -0.15) is 5.26 Å². The molecule has 1 aromatic carbocycles. The molecule has 1 unspecified atom stereocenters. The van der Waals surface area contributed by atoms with Crippen molar-refractivity contribution in [3.05, 3.63) is 72.0 Å². The number of aryl methyl sites for hydroxylation is 1. The van der Waals surface area contributed by atoms with Crippen LogP contribution in [0.15, 0.2) is 49.2 Å². The van der Waals surface area contributed by atoms with Gasteiger partial charge in [-0.05, 0) is 49.7 Å². The van der Waals surface area contributed by atoms with E-state index in [1.807, 2.05) is 12.1 Å². The van der Waals surface area contributed by atoms with Crippen molar-refractivity contribution in [2.45, 2.75) is 26.4 Å². The van der Waals surface area contributed by atoms with E-state index >= 15 is 0 Å². The number of nitrogens with zero attached hydrogens (tertiary/aromatic N) is 3. The third-order valence-corrected chi connectivity index (χ3v) is 4.44. The van der Waals surface area contributed by atoms with Gasteiger partial charge in [-0.15, -0.1) is 19.0 Å². The van der Waals surface area contributed by atoms with E-state index in [0.717, 1.165) is 16.6 Å². The highest BCUT2D eigenvalue weighted by atomic mass is 35.5. The van der Waals surface area contributed by atoms with Crippen molar-refractivity contribution in [3.8, 4) is 6.07 Å². The minimum atomic E-state index is -0.647. The second-order valence-electron chi connectivity index (χ2n) is 5.92. The van der Waals surface area contributed by atoms with Crippen LogP contribution in [0, 0.1) is 31.0 Å². The van der Waals surface area contributed by atoms with Gasteiger partial charge in [0.25, 0.3) is 0 Å². The predicted octanol–water partition coefficient (Wildman–Crippen LogP) is 5.08. The SMILES string of the molecule is C=CCn1c(C)c(C)c2ccnc(C(C#N)Nc3ccc(F)cc3)c21.Cl. The van der Waals surface area contributed by atoms with Gasteiger partial charge in [-0.1, -0.05) is 6.08 Å². The van der Waals surface area contributed by atoms with Crippen molar-refractivity contribution in [2.24, 2.45) is 0 Å². The number of rotatable bonds is 5. The maximum Gasteiger partial charge on any atom is 0.159 e. The molecule has 26 heavy (non-hydrogen) atoms. The Morgan fingerprint density at radius 3 is 2.62 bits per heavy atom. The molecular weight excluding hydrogens is 351 g/mol. The summed E-state index contributed by atoms with van der Waals surface area (Å²) < 4.78 is 15.2. The highest BCUT2D eigenvalue weighted by molar-refractivity contribution is 5.88. The molecule has 1 atom stereocenters. The van der Waals surface area contributed by atoms with Crippen molar-refractivity contribution in [2.75, 3.05) is 5.32 Å². The fraction of sp³-hybridized carbons (Fsp3) is 0.200. The Kier molecular flexibility index (Phi) is 6.01. The summed E-state index contributed by atoms with van der Waals surface area (Å²) in [6.45, 7) is 8.59. The summed E-state index contributed by atoms with van der Waals surface area (Å²) >= 11 is 0. The molecule has 0 fully saturated rings. The quantitative estimate of drug-likeness (QED) is 0.637. The first-order valence-electron chi connectivity index (χ1n) is 8.03. The third-order valence-electron chi connectivity index (χ3n) is 4.44. The second kappa shape index (κ2) is 8.03. The Labute approximate surface area is 158 Å². The molecule has 0 saturated heterocycles. The Morgan fingerprint density at radius 2 is 2.00 bits per heavy atom. The van der Waals surface area contributed by atoms with Crippen LogP contribution in [-0.2, 0) is 6.54 Å². The van der Waals surface area contributed by atoms with Crippen molar-refractivity contribution in [1.82, 2.24) is 9.55 Å². The zero-order valence-electron chi connectivity index (χ0n) is 14.7. The van der Waals surface area contributed by atoms with Crippen molar-refractivity contribution in [1.29, 1.82) is 5.26 Å². The molecule has 0 aliphatic rings. The highest BCUT2D eigenvalue weighted by Crippen LogP contribution is 2.31. The van der Waals surface area contributed by atoms with Gasteiger partial charge >= 0.3 is 0 Å². The number of hydrogen-bond donors (Lipinski definition) is 1. The van der Waals surface area contributed by atoms with E-state index in [9.17, 15) is 9.65 Å². The smallest absolute Gasteiger partial charge is 0.159 e. The fourth-order valence-electron chi connectivity index (χ4n) is 3.06. The van der Waals surface area contributed by atoms with E-state index in [4.69, 9.17) is 0 Å². The monoisotopic (exact) mass is 370 g/mol. The molecule has 0 bridgehead atoms. The molecule has 0 radical (unpaired) electrons. The van der Waals surface area contributed by atoms with Crippen LogP contribution in [0.4, 0.5) is 10.1 Å². The van der Waals surface area contributed by atoms with Crippen LogP contribution >= 0.6 is 12.4 Å². The van der Waals surface area contributed by atoms with Gasteiger partial charge in [0.1, 0.15) is 11.5 Å². The van der Waals surface area contributed by atoms with Gasteiger partial charge in [0.15, 0.2) is 6.04 Å². The minimum absolute atomic E-state index is 0. The number of aromatic nitrogens is 2. The molecule has 6 heteroatoms. The van der Waals surface area contributed by atoms with E-state index in [-0.39, 0.29) is 18.2 Å². The number of hydrogen-bond acceptors (Lipinski definition) is 3. The lowest BCUT2D eigenvalue weighted by Gasteiger charge is -2.15. The summed E-state index contributed by atoms with van der Waals surface area (Å²) in [5, 5.41) is 13.9. The van der Waals surface area contributed by atoms with E-state index in [1.165, 1.54) is 17.7 Å². The molecule has 3 aromatic rings. The Bertz CT molecular complexity index is 970. The lowest BCUT2D eigenvalue weighted by Crippen LogP contribution is -2.12. The van der Waals surface area contributed by atoms with Crippen molar-refractivity contribution < 1.29 is 4.39 Å². The Hall–Kier alpha value is -2.84. The number of fused-ring (bicyclic) bond motifs is 1. The molecule has 3 rings (SSSR count). The zero-order valence-corrected chi connectivity index (χ0v) is 15.5. The summed E-state index contributed by atoms with van der Waals surface area (Å²) in [6.07, 6.45) is 3.55. The first kappa shape index (κ1) is 19.5. The largest absolute Gasteiger partial charge is 0.365 e. The van der Waals surface area contributed by atoms with Crippen molar-refractivity contribution >= 4 is 29.0 Å². The second-order valence-corrected chi connectivity index (χ2v) is 5.92. The minimum Gasteiger partial charge on any atom is -0.365 e. The fourth-order valence-corrected chi connectivity index (χ4v) is 3.06. The van der Waals surface area contributed by atoms with Gasteiger partial charge < -0.3 is 9.88 Å². The molecule has 4 nitrogen and oxygen atoms in total.